The Labute approximate surface area is 69.7 Å². The van der Waals surface area contributed by atoms with E-state index in [1.54, 1.807) is 0 Å². The fourth-order valence-electron chi connectivity index (χ4n) is 0.714. The van der Waals surface area contributed by atoms with Crippen molar-refractivity contribution in [1.29, 1.82) is 0 Å². The lowest BCUT2D eigenvalue weighted by Gasteiger charge is -1.96. The lowest BCUT2D eigenvalue weighted by molar-refractivity contribution is 0.146. The molecule has 0 aromatic heterocycles. The van der Waals surface area contributed by atoms with Gasteiger partial charge < -0.3 is 4.74 Å². The number of hydrogen-bond donors (Lipinski definition) is 0. The van der Waals surface area contributed by atoms with Crippen molar-refractivity contribution in [2.75, 3.05) is 19.8 Å². The van der Waals surface area contributed by atoms with E-state index in [0.29, 0.717) is 0 Å². The normalized spacial score (nSPS) is 11.1. The van der Waals surface area contributed by atoms with Gasteiger partial charge in [-0.25, -0.2) is 0 Å². The summed E-state index contributed by atoms with van der Waals surface area (Å²) in [5.41, 5.74) is 0. The molecule has 0 aliphatic rings. The van der Waals surface area contributed by atoms with E-state index in [-0.39, 0.29) is 0 Å². The van der Waals surface area contributed by atoms with Gasteiger partial charge in [0, 0.05) is 19.8 Å². The van der Waals surface area contributed by atoms with Gasteiger partial charge in [-0.2, -0.15) is 0 Å². The number of nitrogens with zero attached hydrogens (tertiary/aromatic N) is 1. The van der Waals surface area contributed by atoms with E-state index in [2.05, 4.69) is 11.9 Å². The van der Waals surface area contributed by atoms with Crippen molar-refractivity contribution in [1.82, 2.24) is 0 Å². The lowest BCUT2D eigenvalue weighted by atomic mass is 10.4. The molecule has 0 aromatic carbocycles. The average Bonchev–Trinajstić information content (AvgIpc) is 2.03. The maximum absolute atomic E-state index is 5.17. The van der Waals surface area contributed by atoms with E-state index in [4.69, 9.17) is 4.74 Å². The Hall–Kier alpha value is -0.370. The minimum atomic E-state index is 0.818. The number of hydrogen-bond acceptors (Lipinski definition) is 2. The first-order valence-electron chi connectivity index (χ1n) is 4.47. The first-order valence-corrected chi connectivity index (χ1v) is 4.47. The zero-order chi connectivity index (χ0) is 8.36. The predicted octanol–water partition coefficient (Wildman–Crippen LogP) is 2.28. The predicted molar refractivity (Wildman–Crippen MR) is 49.4 cm³/mol. The molecule has 0 saturated heterocycles. The Morgan fingerprint density at radius 3 is 2.82 bits per heavy atom. The van der Waals surface area contributed by atoms with Crippen LogP contribution >= 0.6 is 0 Å². The molecule has 11 heavy (non-hydrogen) atoms. The maximum Gasteiger partial charge on any atom is 0.0483 e. The van der Waals surface area contributed by atoms with Crippen LogP contribution < -0.4 is 0 Å². The highest BCUT2D eigenvalue weighted by molar-refractivity contribution is 5.56. The van der Waals surface area contributed by atoms with Gasteiger partial charge in [-0.15, -0.1) is 0 Å². The second-order valence-corrected chi connectivity index (χ2v) is 2.43. The molecule has 66 valence electrons. The van der Waals surface area contributed by atoms with Crippen molar-refractivity contribution in [2.45, 2.75) is 33.1 Å². The molecule has 0 radical (unpaired) electrons. The molecule has 0 saturated carbocycles. The molecule has 0 fully saturated rings. The highest BCUT2D eigenvalue weighted by Crippen LogP contribution is 1.85. The van der Waals surface area contributed by atoms with Crippen molar-refractivity contribution in [3.8, 4) is 0 Å². The van der Waals surface area contributed by atoms with Gasteiger partial charge in [0.15, 0.2) is 0 Å². The first kappa shape index (κ1) is 10.6. The third-order valence-electron chi connectivity index (χ3n) is 1.33. The lowest BCUT2D eigenvalue weighted by Crippen LogP contribution is -1.95. The summed E-state index contributed by atoms with van der Waals surface area (Å²) in [6.45, 7) is 6.76. The Balaban J connectivity index is 2.89. The van der Waals surface area contributed by atoms with Gasteiger partial charge in [-0.05, 0) is 26.0 Å². The van der Waals surface area contributed by atoms with Crippen LogP contribution in [0.15, 0.2) is 4.99 Å². The Kier molecular flexibility index (Phi) is 9.31. The second kappa shape index (κ2) is 9.63. The van der Waals surface area contributed by atoms with Crippen LogP contribution in [0.2, 0.25) is 0 Å². The van der Waals surface area contributed by atoms with Gasteiger partial charge in [0.05, 0.1) is 0 Å². The summed E-state index contributed by atoms with van der Waals surface area (Å²) in [6, 6.07) is 0. The molecule has 0 aliphatic heterocycles. The monoisotopic (exact) mass is 157 g/mol. The Morgan fingerprint density at radius 1 is 1.36 bits per heavy atom. The zero-order valence-electron chi connectivity index (χ0n) is 7.68. The summed E-state index contributed by atoms with van der Waals surface area (Å²) in [5, 5.41) is 0. The van der Waals surface area contributed by atoms with Gasteiger partial charge in [-0.3, -0.25) is 4.99 Å². The Morgan fingerprint density at radius 2 is 2.18 bits per heavy atom. The van der Waals surface area contributed by atoms with Crippen LogP contribution in [0.1, 0.15) is 33.1 Å². The van der Waals surface area contributed by atoms with Gasteiger partial charge in [0.25, 0.3) is 0 Å². The van der Waals surface area contributed by atoms with E-state index >= 15 is 0 Å². The fraction of sp³-hybridized carbons (Fsp3) is 0.889. The molecule has 0 aromatic rings. The molecule has 0 rings (SSSR count). The molecule has 0 aliphatic carbocycles. The highest BCUT2D eigenvalue weighted by atomic mass is 16.5. The summed E-state index contributed by atoms with van der Waals surface area (Å²) in [5.74, 6) is 0. The number of rotatable bonds is 7. The van der Waals surface area contributed by atoms with Crippen molar-refractivity contribution >= 4 is 6.21 Å². The average molecular weight is 157 g/mol. The zero-order valence-corrected chi connectivity index (χ0v) is 7.68. The Bertz CT molecular complexity index is 91.6. The van der Waals surface area contributed by atoms with Gasteiger partial charge in [0.1, 0.15) is 0 Å². The van der Waals surface area contributed by atoms with Crippen LogP contribution in [-0.2, 0) is 4.74 Å². The van der Waals surface area contributed by atoms with Crippen molar-refractivity contribution < 1.29 is 4.74 Å². The minimum absolute atomic E-state index is 0.818. The van der Waals surface area contributed by atoms with E-state index in [1.807, 2.05) is 13.1 Å². The van der Waals surface area contributed by atoms with Crippen molar-refractivity contribution in [2.24, 2.45) is 4.99 Å². The van der Waals surface area contributed by atoms with Crippen LogP contribution in [0.3, 0.4) is 0 Å². The highest BCUT2D eigenvalue weighted by Gasteiger charge is 1.82. The van der Waals surface area contributed by atoms with Crippen LogP contribution in [0, 0.1) is 0 Å². The van der Waals surface area contributed by atoms with E-state index in [0.717, 1.165) is 32.6 Å². The number of aliphatic imine (C=N–C) groups is 1. The van der Waals surface area contributed by atoms with Crippen LogP contribution in [0.25, 0.3) is 0 Å². The molecular weight excluding hydrogens is 138 g/mol. The van der Waals surface area contributed by atoms with E-state index in [1.165, 1.54) is 6.42 Å². The van der Waals surface area contributed by atoms with Crippen molar-refractivity contribution in [3.63, 3.8) is 0 Å². The fourth-order valence-corrected chi connectivity index (χ4v) is 0.714. The van der Waals surface area contributed by atoms with Gasteiger partial charge in [0.2, 0.25) is 0 Å². The minimum Gasteiger partial charge on any atom is -0.382 e. The standard InChI is InChI=1S/C9H19NO/c1-3-5-7-10-8-6-9-11-4-2/h7H,3-6,8-9H2,1-2H3/b10-7-. The molecular formula is C9H19NO. The van der Waals surface area contributed by atoms with Crippen LogP contribution in [0.4, 0.5) is 0 Å². The topological polar surface area (TPSA) is 21.6 Å². The largest absolute Gasteiger partial charge is 0.382 e. The smallest absolute Gasteiger partial charge is 0.0483 e. The maximum atomic E-state index is 5.17. The quantitative estimate of drug-likeness (QED) is 0.410. The second-order valence-electron chi connectivity index (χ2n) is 2.43. The third kappa shape index (κ3) is 9.63. The molecule has 0 unspecified atom stereocenters. The SMILES string of the molecule is CCC/C=N\CCCOCC. The van der Waals surface area contributed by atoms with Crippen LogP contribution in [0.5, 0.6) is 0 Å². The first-order chi connectivity index (χ1) is 5.41. The van der Waals surface area contributed by atoms with Crippen LogP contribution in [-0.4, -0.2) is 26.0 Å². The molecule has 0 bridgehead atoms. The molecule has 0 amide bonds. The number of unbranched alkanes of at least 4 members (excludes halogenated alkanes) is 1. The van der Waals surface area contributed by atoms with Crippen molar-refractivity contribution in [3.05, 3.63) is 0 Å². The number of ether oxygens (including phenoxy) is 1. The molecule has 0 atom stereocenters. The summed E-state index contributed by atoms with van der Waals surface area (Å²) in [4.78, 5) is 4.23. The molecule has 0 N–H and O–H groups in total. The molecule has 0 heterocycles. The van der Waals surface area contributed by atoms with E-state index < -0.39 is 0 Å². The van der Waals surface area contributed by atoms with Gasteiger partial charge in [-0.1, -0.05) is 13.3 Å². The molecule has 2 nitrogen and oxygen atoms in total. The molecule has 2 heteroatoms. The van der Waals surface area contributed by atoms with Gasteiger partial charge >= 0.3 is 0 Å². The summed E-state index contributed by atoms with van der Waals surface area (Å²) in [6.07, 6.45) is 5.35. The molecule has 0 spiro atoms. The summed E-state index contributed by atoms with van der Waals surface area (Å²) in [7, 11) is 0. The third-order valence-corrected chi connectivity index (χ3v) is 1.33. The summed E-state index contributed by atoms with van der Waals surface area (Å²) < 4.78 is 5.17. The summed E-state index contributed by atoms with van der Waals surface area (Å²) >= 11 is 0. The van der Waals surface area contributed by atoms with E-state index in [9.17, 15) is 0 Å².